The molecule has 1 aliphatic heterocycles. The largest absolute Gasteiger partial charge is 0.368 e. The molecule has 2 aliphatic rings. The predicted octanol–water partition coefficient (Wildman–Crippen LogP) is 3.03. The summed E-state index contributed by atoms with van der Waals surface area (Å²) in [5.41, 5.74) is 7.92. The molecule has 196 valence electrons. The lowest BCUT2D eigenvalue weighted by atomic mass is 10.0. The van der Waals surface area contributed by atoms with Crippen LogP contribution < -0.4 is 21.5 Å². The van der Waals surface area contributed by atoms with Gasteiger partial charge in [0.15, 0.2) is 5.78 Å². The van der Waals surface area contributed by atoms with Gasteiger partial charge in [-0.15, -0.1) is 0 Å². The number of nitrogens with one attached hydrogen (secondary N) is 1. The molecule has 3 aromatic rings. The second-order valence-corrected chi connectivity index (χ2v) is 10.1. The highest BCUT2D eigenvalue weighted by molar-refractivity contribution is 5.99. The molecule has 0 radical (unpaired) electrons. The Morgan fingerprint density at radius 1 is 1.11 bits per heavy atom. The zero-order valence-corrected chi connectivity index (χ0v) is 21.7. The monoisotopic (exact) mass is 504 g/mol. The fourth-order valence-corrected chi connectivity index (χ4v) is 5.61. The smallest absolute Gasteiger partial charge is 0.263 e. The lowest BCUT2D eigenvalue weighted by Gasteiger charge is -2.35. The second-order valence-electron chi connectivity index (χ2n) is 10.1. The SMILES string of the molecule is CC(=O)c1c(C)c2cnc(Nc3ccc(N4CCN(CCCN)CC4)cn3)nc2n(C2CCCC2)c1=O. The number of pyridine rings is 2. The van der Waals surface area contributed by atoms with E-state index in [1.54, 1.807) is 17.7 Å². The molecule has 3 aromatic heterocycles. The van der Waals surface area contributed by atoms with E-state index in [-0.39, 0.29) is 22.9 Å². The van der Waals surface area contributed by atoms with Gasteiger partial charge < -0.3 is 16.0 Å². The van der Waals surface area contributed by atoms with Gasteiger partial charge >= 0.3 is 0 Å². The minimum atomic E-state index is -0.250. The van der Waals surface area contributed by atoms with E-state index in [2.05, 4.69) is 31.2 Å². The number of ketones is 1. The number of nitrogens with zero attached hydrogens (tertiary/aromatic N) is 6. The van der Waals surface area contributed by atoms with Gasteiger partial charge in [0, 0.05) is 43.8 Å². The summed E-state index contributed by atoms with van der Waals surface area (Å²) >= 11 is 0. The summed E-state index contributed by atoms with van der Waals surface area (Å²) < 4.78 is 1.72. The van der Waals surface area contributed by atoms with Gasteiger partial charge in [0.1, 0.15) is 11.5 Å². The molecule has 10 heteroatoms. The van der Waals surface area contributed by atoms with Crippen LogP contribution in [0.1, 0.15) is 61.0 Å². The van der Waals surface area contributed by atoms with Gasteiger partial charge in [0.2, 0.25) is 5.95 Å². The van der Waals surface area contributed by atoms with Crippen LogP contribution in [-0.4, -0.2) is 69.5 Å². The van der Waals surface area contributed by atoms with Crippen LogP contribution in [0.5, 0.6) is 0 Å². The molecule has 4 heterocycles. The van der Waals surface area contributed by atoms with Crippen LogP contribution in [0.4, 0.5) is 17.5 Å². The quantitative estimate of drug-likeness (QED) is 0.446. The molecule has 0 amide bonds. The number of hydrogen-bond acceptors (Lipinski definition) is 9. The maximum Gasteiger partial charge on any atom is 0.263 e. The summed E-state index contributed by atoms with van der Waals surface area (Å²) in [5, 5.41) is 3.93. The van der Waals surface area contributed by atoms with Crippen molar-refractivity contribution in [2.45, 2.75) is 52.0 Å². The van der Waals surface area contributed by atoms with Crippen LogP contribution >= 0.6 is 0 Å². The van der Waals surface area contributed by atoms with E-state index in [1.165, 1.54) is 6.92 Å². The third-order valence-corrected chi connectivity index (χ3v) is 7.65. The number of piperazine rings is 1. The maximum atomic E-state index is 13.4. The van der Waals surface area contributed by atoms with Crippen molar-refractivity contribution in [3.05, 3.63) is 46.0 Å². The average Bonchev–Trinajstić information content (AvgIpc) is 3.42. The first kappa shape index (κ1) is 25.3. The third-order valence-electron chi connectivity index (χ3n) is 7.65. The lowest BCUT2D eigenvalue weighted by Crippen LogP contribution is -2.46. The molecule has 0 bridgehead atoms. The predicted molar refractivity (Wildman–Crippen MR) is 146 cm³/mol. The van der Waals surface area contributed by atoms with Crippen molar-refractivity contribution in [3.63, 3.8) is 0 Å². The molecule has 0 spiro atoms. The highest BCUT2D eigenvalue weighted by Crippen LogP contribution is 2.32. The molecule has 1 saturated carbocycles. The fourth-order valence-electron chi connectivity index (χ4n) is 5.61. The summed E-state index contributed by atoms with van der Waals surface area (Å²) in [7, 11) is 0. The summed E-state index contributed by atoms with van der Waals surface area (Å²) in [5.74, 6) is 0.790. The highest BCUT2D eigenvalue weighted by Gasteiger charge is 2.26. The van der Waals surface area contributed by atoms with E-state index in [4.69, 9.17) is 10.7 Å². The molecule has 1 aliphatic carbocycles. The summed E-state index contributed by atoms with van der Waals surface area (Å²) in [6, 6.07) is 4.03. The Balaban J connectivity index is 1.38. The van der Waals surface area contributed by atoms with Crippen LogP contribution in [0.2, 0.25) is 0 Å². The van der Waals surface area contributed by atoms with Crippen molar-refractivity contribution in [3.8, 4) is 0 Å². The molecule has 0 unspecified atom stereocenters. The van der Waals surface area contributed by atoms with Crippen molar-refractivity contribution >= 4 is 34.3 Å². The number of carbonyl (C=O) groups excluding carboxylic acids is 1. The van der Waals surface area contributed by atoms with Gasteiger partial charge in [0.05, 0.1) is 17.4 Å². The van der Waals surface area contributed by atoms with Crippen molar-refractivity contribution in [1.82, 2.24) is 24.4 Å². The second kappa shape index (κ2) is 10.9. The van der Waals surface area contributed by atoms with E-state index in [9.17, 15) is 9.59 Å². The Morgan fingerprint density at radius 3 is 2.51 bits per heavy atom. The number of nitrogens with two attached hydrogens (primary N) is 1. The summed E-state index contributed by atoms with van der Waals surface area (Å²) in [4.78, 5) is 44.4. The molecule has 0 atom stereocenters. The number of aromatic nitrogens is 4. The van der Waals surface area contributed by atoms with E-state index in [0.717, 1.165) is 82.4 Å². The van der Waals surface area contributed by atoms with Crippen molar-refractivity contribution in [2.24, 2.45) is 5.73 Å². The highest BCUT2D eigenvalue weighted by atomic mass is 16.1. The Kier molecular flexibility index (Phi) is 7.48. The lowest BCUT2D eigenvalue weighted by molar-refractivity contribution is 0.101. The zero-order chi connectivity index (χ0) is 25.9. The molecule has 1 saturated heterocycles. The van der Waals surface area contributed by atoms with Crippen molar-refractivity contribution in [1.29, 1.82) is 0 Å². The van der Waals surface area contributed by atoms with Crippen molar-refractivity contribution < 1.29 is 4.79 Å². The van der Waals surface area contributed by atoms with Crippen LogP contribution in [-0.2, 0) is 0 Å². The molecule has 2 fully saturated rings. The first-order valence-electron chi connectivity index (χ1n) is 13.3. The normalized spacial score (nSPS) is 17.0. The molecular formula is C27H36N8O2. The maximum absolute atomic E-state index is 13.4. The number of rotatable bonds is 8. The van der Waals surface area contributed by atoms with E-state index < -0.39 is 0 Å². The average molecular weight is 505 g/mol. The number of aryl methyl sites for hydroxylation is 1. The van der Waals surface area contributed by atoms with Crippen LogP contribution in [0.25, 0.3) is 11.0 Å². The van der Waals surface area contributed by atoms with Gasteiger partial charge in [-0.3, -0.25) is 19.1 Å². The Labute approximate surface area is 216 Å². The topological polar surface area (TPSA) is 122 Å². The van der Waals surface area contributed by atoms with E-state index >= 15 is 0 Å². The first-order valence-corrected chi connectivity index (χ1v) is 13.3. The van der Waals surface area contributed by atoms with Crippen LogP contribution in [0.15, 0.2) is 29.3 Å². The molecule has 0 aromatic carbocycles. The molecule has 3 N–H and O–H groups in total. The van der Waals surface area contributed by atoms with Gasteiger partial charge in [0.25, 0.3) is 5.56 Å². The first-order chi connectivity index (χ1) is 18.0. The molecule has 5 rings (SSSR count). The van der Waals surface area contributed by atoms with Crippen LogP contribution in [0, 0.1) is 6.92 Å². The van der Waals surface area contributed by atoms with Gasteiger partial charge in [-0.2, -0.15) is 4.98 Å². The zero-order valence-electron chi connectivity index (χ0n) is 21.7. The number of fused-ring (bicyclic) bond motifs is 1. The minimum Gasteiger partial charge on any atom is -0.368 e. The van der Waals surface area contributed by atoms with Gasteiger partial charge in [-0.1, -0.05) is 12.8 Å². The van der Waals surface area contributed by atoms with Crippen LogP contribution in [0.3, 0.4) is 0 Å². The Morgan fingerprint density at radius 2 is 1.86 bits per heavy atom. The third kappa shape index (κ3) is 5.21. The molecule has 10 nitrogen and oxygen atoms in total. The van der Waals surface area contributed by atoms with Gasteiger partial charge in [-0.25, -0.2) is 9.97 Å². The standard InChI is InChI=1S/C27H36N8O2/c1-18-22-17-30-27(32-25(22)35(20-6-3-4-7-20)26(37)24(18)19(2)36)31-23-9-8-21(16-29-23)34-14-12-33(13-15-34)11-5-10-28/h8-9,16-17,20H,3-7,10-15,28H2,1-2H3,(H,29,30,31,32). The van der Waals surface area contributed by atoms with E-state index in [0.29, 0.717) is 23.0 Å². The van der Waals surface area contributed by atoms with E-state index in [1.807, 2.05) is 12.3 Å². The van der Waals surface area contributed by atoms with Gasteiger partial charge in [-0.05, 0) is 63.9 Å². The molecule has 37 heavy (non-hydrogen) atoms. The molecular weight excluding hydrogens is 468 g/mol. The Hall–Kier alpha value is -3.37. The number of Topliss-reactive ketones (excluding diaryl/α,β-unsaturated/α-hetero) is 1. The number of anilines is 3. The minimum absolute atomic E-state index is 0.0460. The summed E-state index contributed by atoms with van der Waals surface area (Å²) in [6.07, 6.45) is 8.56. The number of carbonyl (C=O) groups is 1. The summed E-state index contributed by atoms with van der Waals surface area (Å²) in [6.45, 7) is 9.02. The number of hydrogen-bond donors (Lipinski definition) is 2. The Bertz CT molecular complexity index is 1320. The fraction of sp³-hybridized carbons (Fsp3) is 0.519. The van der Waals surface area contributed by atoms with Crippen molar-refractivity contribution in [2.75, 3.05) is 49.5 Å².